The van der Waals surface area contributed by atoms with Crippen molar-refractivity contribution in [2.24, 2.45) is 0 Å². The van der Waals surface area contributed by atoms with E-state index in [1.807, 2.05) is 18.2 Å². The Labute approximate surface area is 150 Å². The number of hydrogen-bond donors (Lipinski definition) is 0. The van der Waals surface area contributed by atoms with E-state index in [9.17, 15) is 9.59 Å². The van der Waals surface area contributed by atoms with Crippen molar-refractivity contribution in [1.29, 1.82) is 0 Å². The first-order chi connectivity index (χ1) is 12.7. The van der Waals surface area contributed by atoms with Crippen LogP contribution in [0.4, 0.5) is 5.69 Å². The highest BCUT2D eigenvalue weighted by Crippen LogP contribution is 2.29. The molecule has 0 N–H and O–H groups in total. The summed E-state index contributed by atoms with van der Waals surface area (Å²) in [4.78, 5) is 29.8. The first-order valence-corrected chi connectivity index (χ1v) is 8.46. The highest BCUT2D eigenvalue weighted by molar-refractivity contribution is 5.95. The lowest BCUT2D eigenvalue weighted by Crippen LogP contribution is -2.36. The van der Waals surface area contributed by atoms with Crippen molar-refractivity contribution in [1.82, 2.24) is 14.6 Å². The highest BCUT2D eigenvalue weighted by Gasteiger charge is 2.21. The average molecular weight is 350 g/mol. The number of ether oxygens (including phenoxy) is 1. The Morgan fingerprint density at radius 2 is 1.88 bits per heavy atom. The molecular formula is C19H18N4O3. The summed E-state index contributed by atoms with van der Waals surface area (Å²) >= 11 is 0. The van der Waals surface area contributed by atoms with Crippen molar-refractivity contribution in [3.8, 4) is 11.3 Å². The SMILES string of the molecule is CC(=O)c1ccc(-c2c(C=O)nc3c(N4CCOCC4)ccnn23)cc1. The van der Waals surface area contributed by atoms with E-state index < -0.39 is 0 Å². The van der Waals surface area contributed by atoms with Gasteiger partial charge in [0.1, 0.15) is 11.4 Å². The zero-order chi connectivity index (χ0) is 18.1. The number of aromatic nitrogens is 3. The standard InChI is InChI=1S/C19H18N4O3/c1-13(25)14-2-4-15(5-3-14)18-16(12-24)21-19-17(6-7-20-23(18)19)22-8-10-26-11-9-22/h2-7,12H,8-11H2,1H3. The normalized spacial score (nSPS) is 14.6. The van der Waals surface area contributed by atoms with Crippen molar-refractivity contribution in [2.75, 3.05) is 31.2 Å². The van der Waals surface area contributed by atoms with Crippen molar-refractivity contribution in [2.45, 2.75) is 6.92 Å². The lowest BCUT2D eigenvalue weighted by molar-refractivity contribution is 0.101. The number of fused-ring (bicyclic) bond motifs is 1. The molecule has 1 aliphatic rings. The number of morpholine rings is 1. The van der Waals surface area contributed by atoms with Gasteiger partial charge in [-0.1, -0.05) is 24.3 Å². The minimum atomic E-state index is -0.00182. The molecule has 0 unspecified atom stereocenters. The summed E-state index contributed by atoms with van der Waals surface area (Å²) in [6.07, 6.45) is 2.45. The Hall–Kier alpha value is -3.06. The number of rotatable bonds is 4. The van der Waals surface area contributed by atoms with Crippen LogP contribution in [0.2, 0.25) is 0 Å². The van der Waals surface area contributed by atoms with Crippen LogP contribution < -0.4 is 4.90 Å². The van der Waals surface area contributed by atoms with Gasteiger partial charge in [0.2, 0.25) is 0 Å². The maximum atomic E-state index is 11.6. The fourth-order valence-electron chi connectivity index (χ4n) is 3.22. The van der Waals surface area contributed by atoms with Crippen LogP contribution in [0, 0.1) is 0 Å². The maximum absolute atomic E-state index is 11.6. The summed E-state index contributed by atoms with van der Waals surface area (Å²) in [7, 11) is 0. The first kappa shape index (κ1) is 16.4. The third-order valence-corrected chi connectivity index (χ3v) is 4.55. The van der Waals surface area contributed by atoms with E-state index in [1.54, 1.807) is 22.8 Å². The van der Waals surface area contributed by atoms with Gasteiger partial charge >= 0.3 is 0 Å². The van der Waals surface area contributed by atoms with Gasteiger partial charge in [0.15, 0.2) is 17.7 Å². The molecule has 0 bridgehead atoms. The van der Waals surface area contributed by atoms with Gasteiger partial charge in [0.05, 0.1) is 25.1 Å². The van der Waals surface area contributed by atoms with Gasteiger partial charge in [-0.15, -0.1) is 0 Å². The van der Waals surface area contributed by atoms with Crippen LogP contribution in [-0.2, 0) is 4.74 Å². The van der Waals surface area contributed by atoms with E-state index in [-0.39, 0.29) is 5.78 Å². The minimum Gasteiger partial charge on any atom is -0.378 e. The molecule has 26 heavy (non-hydrogen) atoms. The van der Waals surface area contributed by atoms with E-state index in [2.05, 4.69) is 15.0 Å². The molecule has 0 atom stereocenters. The fourth-order valence-corrected chi connectivity index (χ4v) is 3.22. The molecule has 0 aliphatic carbocycles. The molecule has 3 heterocycles. The van der Waals surface area contributed by atoms with Gasteiger partial charge in [-0.2, -0.15) is 5.10 Å². The Balaban J connectivity index is 1.86. The molecule has 1 aliphatic heterocycles. The molecule has 1 fully saturated rings. The maximum Gasteiger partial charge on any atom is 0.178 e. The minimum absolute atomic E-state index is 0.00182. The molecular weight excluding hydrogens is 332 g/mol. The van der Waals surface area contributed by atoms with Crippen LogP contribution in [0.3, 0.4) is 0 Å². The van der Waals surface area contributed by atoms with Crippen LogP contribution >= 0.6 is 0 Å². The number of imidazole rings is 1. The summed E-state index contributed by atoms with van der Waals surface area (Å²) in [5.41, 5.74) is 3.93. The predicted molar refractivity (Wildman–Crippen MR) is 96.8 cm³/mol. The van der Waals surface area contributed by atoms with Crippen LogP contribution in [0.1, 0.15) is 27.8 Å². The molecule has 4 rings (SSSR count). The van der Waals surface area contributed by atoms with Crippen molar-refractivity contribution < 1.29 is 14.3 Å². The fraction of sp³-hybridized carbons (Fsp3) is 0.263. The van der Waals surface area contributed by atoms with Crippen LogP contribution in [0.25, 0.3) is 16.9 Å². The zero-order valence-corrected chi connectivity index (χ0v) is 14.4. The number of ketones is 1. The van der Waals surface area contributed by atoms with Gasteiger partial charge in [-0.25, -0.2) is 9.50 Å². The number of nitrogens with zero attached hydrogens (tertiary/aromatic N) is 4. The predicted octanol–water partition coefficient (Wildman–Crippen LogP) is 2.25. The molecule has 0 amide bonds. The Bertz CT molecular complexity index is 972. The third kappa shape index (κ3) is 2.76. The van der Waals surface area contributed by atoms with E-state index in [4.69, 9.17) is 4.74 Å². The summed E-state index contributed by atoms with van der Waals surface area (Å²) in [5.74, 6) is -0.00182. The van der Waals surface area contributed by atoms with Crippen LogP contribution in [0.5, 0.6) is 0 Å². The van der Waals surface area contributed by atoms with Crippen molar-refractivity contribution in [3.05, 3.63) is 47.8 Å². The van der Waals surface area contributed by atoms with Crippen molar-refractivity contribution >= 4 is 23.4 Å². The molecule has 3 aromatic rings. The van der Waals surface area contributed by atoms with Gasteiger partial charge < -0.3 is 9.64 Å². The van der Waals surface area contributed by atoms with Gasteiger partial charge in [-0.05, 0) is 13.0 Å². The second-order valence-electron chi connectivity index (χ2n) is 6.15. The Morgan fingerprint density at radius 3 is 2.54 bits per heavy atom. The molecule has 0 saturated carbocycles. The lowest BCUT2D eigenvalue weighted by atomic mass is 10.1. The smallest absolute Gasteiger partial charge is 0.178 e. The van der Waals surface area contributed by atoms with E-state index in [0.717, 1.165) is 30.6 Å². The number of carbonyl (C=O) groups excluding carboxylic acids is 2. The highest BCUT2D eigenvalue weighted by atomic mass is 16.5. The summed E-state index contributed by atoms with van der Waals surface area (Å²) in [6.45, 7) is 4.39. The molecule has 1 saturated heterocycles. The molecule has 7 heteroatoms. The second kappa shape index (κ2) is 6.68. The molecule has 7 nitrogen and oxygen atoms in total. The number of anilines is 1. The van der Waals surface area contributed by atoms with Crippen LogP contribution in [-0.4, -0.2) is 53.0 Å². The zero-order valence-electron chi connectivity index (χ0n) is 14.4. The molecule has 132 valence electrons. The van der Waals surface area contributed by atoms with E-state index in [1.165, 1.54) is 6.92 Å². The summed E-state index contributed by atoms with van der Waals surface area (Å²) in [5, 5.41) is 4.41. The van der Waals surface area contributed by atoms with Crippen molar-refractivity contribution in [3.63, 3.8) is 0 Å². The molecule has 0 spiro atoms. The average Bonchev–Trinajstić information content (AvgIpc) is 3.07. The number of carbonyl (C=O) groups is 2. The quantitative estimate of drug-likeness (QED) is 0.531. The summed E-state index contributed by atoms with van der Waals surface area (Å²) in [6, 6.07) is 9.03. The molecule has 1 aromatic carbocycles. The third-order valence-electron chi connectivity index (χ3n) is 4.55. The largest absolute Gasteiger partial charge is 0.378 e. The second-order valence-corrected chi connectivity index (χ2v) is 6.15. The lowest BCUT2D eigenvalue weighted by Gasteiger charge is -2.28. The van der Waals surface area contributed by atoms with Gasteiger partial charge in [-0.3, -0.25) is 9.59 Å². The van der Waals surface area contributed by atoms with E-state index >= 15 is 0 Å². The Morgan fingerprint density at radius 1 is 1.15 bits per heavy atom. The first-order valence-electron chi connectivity index (χ1n) is 8.46. The monoisotopic (exact) mass is 350 g/mol. The molecule has 2 aromatic heterocycles. The van der Waals surface area contributed by atoms with Crippen LogP contribution in [0.15, 0.2) is 36.5 Å². The van der Waals surface area contributed by atoms with Gasteiger partial charge in [0.25, 0.3) is 0 Å². The summed E-state index contributed by atoms with van der Waals surface area (Å²) < 4.78 is 7.11. The van der Waals surface area contributed by atoms with E-state index in [0.29, 0.717) is 35.8 Å². The topological polar surface area (TPSA) is 76.8 Å². The Kier molecular flexibility index (Phi) is 4.22. The number of benzene rings is 1. The molecule has 0 radical (unpaired) electrons. The number of aldehydes is 1. The number of Topliss-reactive ketones (excluding diaryl/α,β-unsaturated/α-hetero) is 1. The number of hydrogen-bond acceptors (Lipinski definition) is 6. The van der Waals surface area contributed by atoms with Gasteiger partial charge in [0, 0.05) is 24.2 Å².